The van der Waals surface area contributed by atoms with Gasteiger partial charge in [-0.15, -0.1) is 0 Å². The van der Waals surface area contributed by atoms with Gasteiger partial charge in [0.1, 0.15) is 0 Å². The molecule has 0 rings (SSSR count). The molecule has 0 saturated carbocycles. The predicted octanol–water partition coefficient (Wildman–Crippen LogP) is 3.77. The second-order valence-electron chi connectivity index (χ2n) is 4.00. The smallest absolute Gasteiger partial charge is 0.0626 e. The first-order chi connectivity index (χ1) is 5.62. The first kappa shape index (κ1) is 12.0. The fourth-order valence-electron chi connectivity index (χ4n) is 1.44. The third-order valence-electron chi connectivity index (χ3n) is 2.17. The SMILES string of the molecule is CCCCCCC(C)(C)OCC. The van der Waals surface area contributed by atoms with Crippen LogP contribution in [0, 0.1) is 0 Å². The van der Waals surface area contributed by atoms with Gasteiger partial charge in [-0.25, -0.2) is 0 Å². The van der Waals surface area contributed by atoms with Gasteiger partial charge in [-0.3, -0.25) is 0 Å². The van der Waals surface area contributed by atoms with Gasteiger partial charge in [-0.2, -0.15) is 0 Å². The van der Waals surface area contributed by atoms with E-state index in [2.05, 4.69) is 27.7 Å². The predicted molar refractivity (Wildman–Crippen MR) is 54.5 cm³/mol. The summed E-state index contributed by atoms with van der Waals surface area (Å²) in [5.41, 5.74) is 0.0997. The van der Waals surface area contributed by atoms with Gasteiger partial charge in [-0.1, -0.05) is 32.6 Å². The highest BCUT2D eigenvalue weighted by atomic mass is 16.5. The molecule has 74 valence electrons. The van der Waals surface area contributed by atoms with Crippen molar-refractivity contribution in [3.05, 3.63) is 0 Å². The molecular weight excluding hydrogens is 148 g/mol. The Bertz CT molecular complexity index is 97.2. The minimum atomic E-state index is 0.0997. The molecule has 0 amide bonds. The third kappa shape index (κ3) is 6.66. The van der Waals surface area contributed by atoms with Crippen LogP contribution in [0.5, 0.6) is 0 Å². The van der Waals surface area contributed by atoms with Gasteiger partial charge < -0.3 is 4.74 Å². The van der Waals surface area contributed by atoms with E-state index in [0.717, 1.165) is 6.61 Å². The molecular formula is C11H24O. The summed E-state index contributed by atoms with van der Waals surface area (Å²) in [7, 11) is 0. The van der Waals surface area contributed by atoms with E-state index in [0.29, 0.717) is 0 Å². The van der Waals surface area contributed by atoms with Crippen molar-refractivity contribution < 1.29 is 4.74 Å². The minimum Gasteiger partial charge on any atom is -0.376 e. The highest BCUT2D eigenvalue weighted by Crippen LogP contribution is 2.18. The minimum absolute atomic E-state index is 0.0997. The maximum absolute atomic E-state index is 5.61. The Hall–Kier alpha value is -0.0400. The van der Waals surface area contributed by atoms with Crippen LogP contribution in [0.1, 0.15) is 59.8 Å². The van der Waals surface area contributed by atoms with Crippen molar-refractivity contribution >= 4 is 0 Å². The molecule has 1 nitrogen and oxygen atoms in total. The van der Waals surface area contributed by atoms with E-state index >= 15 is 0 Å². The zero-order chi connectivity index (χ0) is 9.45. The van der Waals surface area contributed by atoms with Crippen LogP contribution in [-0.4, -0.2) is 12.2 Å². The Morgan fingerprint density at radius 2 is 1.67 bits per heavy atom. The van der Waals surface area contributed by atoms with Crippen molar-refractivity contribution in [2.75, 3.05) is 6.61 Å². The highest BCUT2D eigenvalue weighted by Gasteiger charge is 2.15. The summed E-state index contributed by atoms with van der Waals surface area (Å²) >= 11 is 0. The lowest BCUT2D eigenvalue weighted by Gasteiger charge is -2.24. The van der Waals surface area contributed by atoms with Crippen LogP contribution in [0.3, 0.4) is 0 Å². The highest BCUT2D eigenvalue weighted by molar-refractivity contribution is 4.67. The van der Waals surface area contributed by atoms with Gasteiger partial charge in [-0.05, 0) is 27.2 Å². The maximum Gasteiger partial charge on any atom is 0.0626 e. The largest absolute Gasteiger partial charge is 0.376 e. The monoisotopic (exact) mass is 172 g/mol. The molecule has 0 spiro atoms. The fraction of sp³-hybridized carbons (Fsp3) is 1.00. The summed E-state index contributed by atoms with van der Waals surface area (Å²) in [5, 5.41) is 0. The van der Waals surface area contributed by atoms with E-state index < -0.39 is 0 Å². The van der Waals surface area contributed by atoms with Crippen molar-refractivity contribution in [2.45, 2.75) is 65.4 Å². The fourth-order valence-corrected chi connectivity index (χ4v) is 1.44. The zero-order valence-electron chi connectivity index (χ0n) is 9.15. The second-order valence-corrected chi connectivity index (χ2v) is 4.00. The first-order valence-corrected chi connectivity index (χ1v) is 5.26. The van der Waals surface area contributed by atoms with Crippen molar-refractivity contribution in [2.24, 2.45) is 0 Å². The van der Waals surface area contributed by atoms with Crippen molar-refractivity contribution in [1.82, 2.24) is 0 Å². The number of hydrogen-bond donors (Lipinski definition) is 0. The Morgan fingerprint density at radius 3 is 2.17 bits per heavy atom. The van der Waals surface area contributed by atoms with Gasteiger partial charge in [0.25, 0.3) is 0 Å². The Labute approximate surface area is 77.5 Å². The molecule has 0 aromatic rings. The second kappa shape index (κ2) is 6.47. The van der Waals surface area contributed by atoms with Gasteiger partial charge in [0.2, 0.25) is 0 Å². The van der Waals surface area contributed by atoms with Gasteiger partial charge in [0, 0.05) is 6.61 Å². The van der Waals surface area contributed by atoms with Gasteiger partial charge in [0.05, 0.1) is 5.60 Å². The molecule has 0 radical (unpaired) electrons. The Kier molecular flexibility index (Phi) is 6.45. The van der Waals surface area contributed by atoms with Crippen LogP contribution in [0.15, 0.2) is 0 Å². The Balaban J connectivity index is 3.33. The van der Waals surface area contributed by atoms with E-state index in [1.807, 2.05) is 0 Å². The molecule has 12 heavy (non-hydrogen) atoms. The average Bonchev–Trinajstić information content (AvgIpc) is 1.98. The molecule has 0 aliphatic carbocycles. The number of hydrogen-bond acceptors (Lipinski definition) is 1. The average molecular weight is 172 g/mol. The number of ether oxygens (including phenoxy) is 1. The van der Waals surface area contributed by atoms with Gasteiger partial charge >= 0.3 is 0 Å². The standard InChI is InChI=1S/C11H24O/c1-5-7-8-9-10-11(3,4)12-6-2/h5-10H2,1-4H3. The summed E-state index contributed by atoms with van der Waals surface area (Å²) in [5.74, 6) is 0. The van der Waals surface area contributed by atoms with Crippen LogP contribution in [0.2, 0.25) is 0 Å². The van der Waals surface area contributed by atoms with E-state index in [-0.39, 0.29) is 5.60 Å². The summed E-state index contributed by atoms with van der Waals surface area (Å²) < 4.78 is 5.61. The van der Waals surface area contributed by atoms with Crippen LogP contribution in [0.25, 0.3) is 0 Å². The zero-order valence-corrected chi connectivity index (χ0v) is 9.15. The molecule has 0 heterocycles. The van der Waals surface area contributed by atoms with Crippen molar-refractivity contribution in [1.29, 1.82) is 0 Å². The van der Waals surface area contributed by atoms with E-state index in [4.69, 9.17) is 4.74 Å². The lowest BCUT2D eigenvalue weighted by Crippen LogP contribution is -2.23. The quantitative estimate of drug-likeness (QED) is 0.531. The van der Waals surface area contributed by atoms with Crippen molar-refractivity contribution in [3.63, 3.8) is 0 Å². The molecule has 0 aromatic heterocycles. The number of rotatable bonds is 7. The van der Waals surface area contributed by atoms with Crippen molar-refractivity contribution in [3.8, 4) is 0 Å². The maximum atomic E-state index is 5.61. The lowest BCUT2D eigenvalue weighted by molar-refractivity contribution is -0.0177. The van der Waals surface area contributed by atoms with Crippen LogP contribution in [0.4, 0.5) is 0 Å². The normalized spacial score (nSPS) is 12.0. The topological polar surface area (TPSA) is 9.23 Å². The summed E-state index contributed by atoms with van der Waals surface area (Å²) in [4.78, 5) is 0. The number of unbranched alkanes of at least 4 members (excludes halogenated alkanes) is 3. The molecule has 0 saturated heterocycles. The summed E-state index contributed by atoms with van der Waals surface area (Å²) in [6.45, 7) is 9.51. The molecule has 0 bridgehead atoms. The molecule has 0 atom stereocenters. The third-order valence-corrected chi connectivity index (χ3v) is 2.17. The van der Waals surface area contributed by atoms with E-state index in [1.165, 1.54) is 32.1 Å². The first-order valence-electron chi connectivity index (χ1n) is 5.26. The summed E-state index contributed by atoms with van der Waals surface area (Å²) in [6, 6.07) is 0. The van der Waals surface area contributed by atoms with E-state index in [1.54, 1.807) is 0 Å². The van der Waals surface area contributed by atoms with Crippen LogP contribution in [-0.2, 0) is 4.74 Å². The Morgan fingerprint density at radius 1 is 1.00 bits per heavy atom. The van der Waals surface area contributed by atoms with E-state index in [9.17, 15) is 0 Å². The molecule has 0 unspecified atom stereocenters. The summed E-state index contributed by atoms with van der Waals surface area (Å²) in [6.07, 6.45) is 6.53. The van der Waals surface area contributed by atoms with Crippen LogP contribution < -0.4 is 0 Å². The molecule has 0 fully saturated rings. The lowest BCUT2D eigenvalue weighted by atomic mass is 10.00. The molecule has 1 heteroatoms. The van der Waals surface area contributed by atoms with Crippen LogP contribution >= 0.6 is 0 Å². The van der Waals surface area contributed by atoms with Gasteiger partial charge in [0.15, 0.2) is 0 Å². The molecule has 0 N–H and O–H groups in total. The molecule has 0 aromatic carbocycles. The molecule has 0 aliphatic rings. The molecule has 0 aliphatic heterocycles.